The summed E-state index contributed by atoms with van der Waals surface area (Å²) in [6, 6.07) is 0. The second-order valence-corrected chi connectivity index (χ2v) is 10.4. The van der Waals surface area contributed by atoms with Gasteiger partial charge in [0.25, 0.3) is 0 Å². The highest BCUT2D eigenvalue weighted by molar-refractivity contribution is 6.24. The molecule has 0 saturated heterocycles. The van der Waals surface area contributed by atoms with E-state index in [4.69, 9.17) is 0 Å². The molecule has 5 heteroatoms. The molecule has 0 aromatic heterocycles. The van der Waals surface area contributed by atoms with Crippen molar-refractivity contribution in [1.29, 1.82) is 0 Å². The maximum atomic E-state index is 13.4. The molecular formula is C26H38O5. The molecule has 0 unspecified atom stereocenters. The van der Waals surface area contributed by atoms with Crippen LogP contribution in [0.3, 0.4) is 0 Å². The van der Waals surface area contributed by atoms with Gasteiger partial charge in [-0.2, -0.15) is 0 Å². The minimum Gasteiger partial charge on any atom is -0.511 e. The van der Waals surface area contributed by atoms with Gasteiger partial charge in [0.2, 0.25) is 0 Å². The number of aliphatic hydroxyl groups is 3. The Balaban J connectivity index is 2.68. The fourth-order valence-electron chi connectivity index (χ4n) is 4.83. The van der Waals surface area contributed by atoms with Gasteiger partial charge in [-0.3, -0.25) is 9.59 Å². The monoisotopic (exact) mass is 430 g/mol. The first-order valence-electron chi connectivity index (χ1n) is 11.1. The molecule has 2 aliphatic rings. The molecule has 5 nitrogen and oxygen atoms in total. The summed E-state index contributed by atoms with van der Waals surface area (Å²) in [5, 5.41) is 33.3. The SMILES string of the molecule is C=C(C)[C@@H]1CC[C@@](C)(O)[C@H]1CC1=C(O)[C@@](C)(CC=C(C)C)C(=O)C(C(=O)C(C)C)=C1O. The highest BCUT2D eigenvalue weighted by Crippen LogP contribution is 2.50. The Morgan fingerprint density at radius 3 is 2.29 bits per heavy atom. The summed E-state index contributed by atoms with van der Waals surface area (Å²) in [5.41, 5.74) is -0.480. The Hall–Kier alpha value is -2.14. The molecule has 0 amide bonds. The number of Topliss-reactive ketones (excluding diaryl/α,β-unsaturated/α-hetero) is 2. The van der Waals surface area contributed by atoms with Crippen molar-refractivity contribution in [3.8, 4) is 0 Å². The van der Waals surface area contributed by atoms with Crippen LogP contribution in [0.1, 0.15) is 74.1 Å². The summed E-state index contributed by atoms with van der Waals surface area (Å²) in [5.74, 6) is -2.40. The normalized spacial score (nSPS) is 31.5. The van der Waals surface area contributed by atoms with Crippen LogP contribution in [-0.4, -0.2) is 32.5 Å². The number of aliphatic hydroxyl groups excluding tert-OH is 2. The minimum atomic E-state index is -1.35. The van der Waals surface area contributed by atoms with Crippen LogP contribution in [0.25, 0.3) is 0 Å². The molecule has 1 fully saturated rings. The zero-order valence-corrected chi connectivity index (χ0v) is 20.0. The van der Waals surface area contributed by atoms with Gasteiger partial charge in [0.1, 0.15) is 17.1 Å². The van der Waals surface area contributed by atoms with Crippen molar-refractivity contribution in [2.45, 2.75) is 79.8 Å². The molecule has 1 saturated carbocycles. The minimum absolute atomic E-state index is 0.0222. The molecule has 3 N–H and O–H groups in total. The molecule has 4 atom stereocenters. The lowest BCUT2D eigenvalue weighted by Crippen LogP contribution is -2.41. The van der Waals surface area contributed by atoms with E-state index in [0.29, 0.717) is 6.42 Å². The average Bonchev–Trinajstić information content (AvgIpc) is 2.96. The van der Waals surface area contributed by atoms with Crippen LogP contribution in [0.5, 0.6) is 0 Å². The van der Waals surface area contributed by atoms with Crippen molar-refractivity contribution in [3.05, 3.63) is 46.5 Å². The highest BCUT2D eigenvalue weighted by atomic mass is 16.3. The van der Waals surface area contributed by atoms with Crippen molar-refractivity contribution in [2.75, 3.05) is 0 Å². The van der Waals surface area contributed by atoms with Crippen LogP contribution in [0.4, 0.5) is 0 Å². The van der Waals surface area contributed by atoms with E-state index in [1.807, 2.05) is 26.8 Å². The lowest BCUT2D eigenvalue weighted by atomic mass is 9.67. The average molecular weight is 431 g/mol. The van der Waals surface area contributed by atoms with E-state index >= 15 is 0 Å². The molecule has 2 aliphatic carbocycles. The Morgan fingerprint density at radius 1 is 1.23 bits per heavy atom. The van der Waals surface area contributed by atoms with Gasteiger partial charge in [-0.05, 0) is 72.1 Å². The van der Waals surface area contributed by atoms with Crippen molar-refractivity contribution >= 4 is 11.6 Å². The van der Waals surface area contributed by atoms with E-state index in [1.165, 1.54) is 0 Å². The summed E-state index contributed by atoms with van der Waals surface area (Å²) in [7, 11) is 0. The summed E-state index contributed by atoms with van der Waals surface area (Å²) in [4.78, 5) is 26.3. The smallest absolute Gasteiger partial charge is 0.183 e. The number of ketones is 2. The third-order valence-corrected chi connectivity index (χ3v) is 7.05. The summed E-state index contributed by atoms with van der Waals surface area (Å²) in [6.45, 7) is 16.5. The zero-order chi connectivity index (χ0) is 23.9. The number of hydrogen-bond acceptors (Lipinski definition) is 5. The molecule has 0 radical (unpaired) electrons. The van der Waals surface area contributed by atoms with Gasteiger partial charge in [-0.15, -0.1) is 0 Å². The zero-order valence-electron chi connectivity index (χ0n) is 20.0. The second-order valence-electron chi connectivity index (χ2n) is 10.4. The lowest BCUT2D eigenvalue weighted by Gasteiger charge is -2.37. The maximum Gasteiger partial charge on any atom is 0.183 e. The molecule has 0 aromatic rings. The predicted octanol–water partition coefficient (Wildman–Crippen LogP) is 5.52. The Kier molecular flexibility index (Phi) is 7.11. The number of allylic oxidation sites excluding steroid dienone is 6. The maximum absolute atomic E-state index is 13.4. The molecule has 0 aromatic carbocycles. The van der Waals surface area contributed by atoms with Gasteiger partial charge in [0, 0.05) is 11.5 Å². The van der Waals surface area contributed by atoms with Gasteiger partial charge >= 0.3 is 0 Å². The number of hydrogen-bond donors (Lipinski definition) is 3. The quantitative estimate of drug-likeness (QED) is 0.365. The molecular weight excluding hydrogens is 392 g/mol. The van der Waals surface area contributed by atoms with Crippen molar-refractivity contribution in [3.63, 3.8) is 0 Å². The van der Waals surface area contributed by atoms with Gasteiger partial charge in [-0.25, -0.2) is 0 Å². The van der Waals surface area contributed by atoms with Gasteiger partial charge in [0.15, 0.2) is 11.6 Å². The van der Waals surface area contributed by atoms with Crippen LogP contribution < -0.4 is 0 Å². The summed E-state index contributed by atoms with van der Waals surface area (Å²) in [6.07, 6.45) is 3.58. The topological polar surface area (TPSA) is 94.8 Å². The summed E-state index contributed by atoms with van der Waals surface area (Å²) >= 11 is 0. The lowest BCUT2D eigenvalue weighted by molar-refractivity contribution is -0.128. The van der Waals surface area contributed by atoms with Crippen molar-refractivity contribution in [2.24, 2.45) is 23.2 Å². The van der Waals surface area contributed by atoms with Crippen LogP contribution in [0.2, 0.25) is 0 Å². The fourth-order valence-corrected chi connectivity index (χ4v) is 4.83. The number of carbonyl (C=O) groups excluding carboxylic acids is 2. The van der Waals surface area contributed by atoms with E-state index < -0.39 is 34.3 Å². The van der Waals surface area contributed by atoms with Crippen LogP contribution in [0.15, 0.2) is 46.5 Å². The largest absolute Gasteiger partial charge is 0.511 e. The highest BCUT2D eigenvalue weighted by Gasteiger charge is 2.51. The molecule has 172 valence electrons. The number of rotatable bonds is 7. The van der Waals surface area contributed by atoms with Gasteiger partial charge < -0.3 is 15.3 Å². The van der Waals surface area contributed by atoms with Crippen molar-refractivity contribution in [1.82, 2.24) is 0 Å². The molecule has 0 heterocycles. The van der Waals surface area contributed by atoms with E-state index in [0.717, 1.165) is 17.6 Å². The molecule has 0 spiro atoms. The van der Waals surface area contributed by atoms with E-state index in [1.54, 1.807) is 27.7 Å². The number of carbonyl (C=O) groups is 2. The Labute approximate surface area is 186 Å². The van der Waals surface area contributed by atoms with E-state index in [2.05, 4.69) is 6.58 Å². The Bertz CT molecular complexity index is 879. The fraction of sp³-hybridized carbons (Fsp3) is 0.615. The van der Waals surface area contributed by atoms with E-state index in [9.17, 15) is 24.9 Å². The molecule has 31 heavy (non-hydrogen) atoms. The van der Waals surface area contributed by atoms with Crippen LogP contribution in [0, 0.1) is 23.2 Å². The van der Waals surface area contributed by atoms with Gasteiger partial charge in [0.05, 0.1) is 11.0 Å². The van der Waals surface area contributed by atoms with Gasteiger partial charge in [-0.1, -0.05) is 37.6 Å². The molecule has 0 aliphatic heterocycles. The molecule has 2 rings (SSSR count). The first-order valence-corrected chi connectivity index (χ1v) is 11.1. The second kappa shape index (κ2) is 8.78. The predicted molar refractivity (Wildman–Crippen MR) is 123 cm³/mol. The molecule has 0 bridgehead atoms. The summed E-state index contributed by atoms with van der Waals surface area (Å²) < 4.78 is 0. The van der Waals surface area contributed by atoms with Crippen LogP contribution >= 0.6 is 0 Å². The standard InChI is InChI=1S/C26H38O5/c1-14(2)9-11-25(7)23(29)18(22(28)20(24(25)30)21(27)16(5)6)13-19-17(15(3)4)10-12-26(19,8)31/h9,16-17,19,28-29,31H,3,10-13H2,1-2,4-8H3/t17-,19-,25+,26+/m0/s1. The van der Waals surface area contributed by atoms with Crippen molar-refractivity contribution < 1.29 is 24.9 Å². The third kappa shape index (κ3) is 4.57. The van der Waals surface area contributed by atoms with Crippen LogP contribution in [-0.2, 0) is 9.59 Å². The van der Waals surface area contributed by atoms with E-state index in [-0.39, 0.29) is 41.6 Å². The Morgan fingerprint density at radius 2 is 1.81 bits per heavy atom. The third-order valence-electron chi connectivity index (χ3n) is 7.05. The first kappa shape index (κ1) is 25.1. The first-order chi connectivity index (χ1) is 14.1.